The van der Waals surface area contributed by atoms with Gasteiger partial charge in [-0.3, -0.25) is 0 Å². The molecule has 0 heterocycles. The Bertz CT molecular complexity index is 355. The second-order valence-electron chi connectivity index (χ2n) is 4.22. The molecule has 1 aromatic carbocycles. The molecule has 0 fully saturated rings. The van der Waals surface area contributed by atoms with Gasteiger partial charge in [-0.2, -0.15) is 0 Å². The SMILES string of the molecule is CCCOCCC(O)Cc1cc(OC)ccc1Br. The lowest BCUT2D eigenvalue weighted by molar-refractivity contribution is 0.0823. The molecule has 0 aliphatic carbocycles. The van der Waals surface area contributed by atoms with Crippen molar-refractivity contribution in [3.8, 4) is 5.75 Å². The minimum Gasteiger partial charge on any atom is -0.497 e. The number of benzene rings is 1. The lowest BCUT2D eigenvalue weighted by Gasteiger charge is -2.13. The number of aliphatic hydroxyl groups excluding tert-OH is 1. The maximum atomic E-state index is 9.95. The van der Waals surface area contributed by atoms with Crippen LogP contribution in [0, 0.1) is 0 Å². The molecule has 1 aromatic rings. The van der Waals surface area contributed by atoms with Crippen LogP contribution in [-0.2, 0) is 11.2 Å². The highest BCUT2D eigenvalue weighted by atomic mass is 79.9. The minimum absolute atomic E-state index is 0.384. The summed E-state index contributed by atoms with van der Waals surface area (Å²) < 4.78 is 11.5. The van der Waals surface area contributed by atoms with Crippen LogP contribution >= 0.6 is 15.9 Å². The smallest absolute Gasteiger partial charge is 0.119 e. The van der Waals surface area contributed by atoms with Crippen LogP contribution in [0.2, 0.25) is 0 Å². The lowest BCUT2D eigenvalue weighted by Crippen LogP contribution is -2.14. The first-order chi connectivity index (χ1) is 8.67. The van der Waals surface area contributed by atoms with Crippen LogP contribution in [0.3, 0.4) is 0 Å². The molecule has 4 heteroatoms. The molecule has 0 aliphatic heterocycles. The predicted octanol–water partition coefficient (Wildman–Crippen LogP) is 3.18. The second-order valence-corrected chi connectivity index (χ2v) is 5.07. The first-order valence-corrected chi connectivity index (χ1v) is 7.05. The summed E-state index contributed by atoms with van der Waals surface area (Å²) in [6.07, 6.45) is 1.89. The Morgan fingerprint density at radius 1 is 1.33 bits per heavy atom. The molecule has 18 heavy (non-hydrogen) atoms. The molecule has 0 bridgehead atoms. The van der Waals surface area contributed by atoms with E-state index in [1.165, 1.54) is 0 Å². The molecule has 1 atom stereocenters. The van der Waals surface area contributed by atoms with Gasteiger partial charge in [0.1, 0.15) is 5.75 Å². The topological polar surface area (TPSA) is 38.7 Å². The summed E-state index contributed by atoms with van der Waals surface area (Å²) in [6, 6.07) is 5.78. The zero-order valence-electron chi connectivity index (χ0n) is 11.0. The third-order valence-electron chi connectivity index (χ3n) is 2.65. The van der Waals surface area contributed by atoms with Crippen molar-refractivity contribution < 1.29 is 14.6 Å². The molecule has 3 nitrogen and oxygen atoms in total. The molecule has 0 radical (unpaired) electrons. The van der Waals surface area contributed by atoms with E-state index in [0.29, 0.717) is 19.4 Å². The Labute approximate surface area is 117 Å². The molecule has 0 saturated carbocycles. The van der Waals surface area contributed by atoms with Crippen molar-refractivity contribution >= 4 is 15.9 Å². The Morgan fingerprint density at radius 3 is 2.78 bits per heavy atom. The van der Waals surface area contributed by atoms with E-state index in [0.717, 1.165) is 28.8 Å². The van der Waals surface area contributed by atoms with Crippen molar-refractivity contribution in [2.45, 2.75) is 32.3 Å². The highest BCUT2D eigenvalue weighted by Crippen LogP contribution is 2.24. The van der Waals surface area contributed by atoms with Crippen molar-refractivity contribution in [3.63, 3.8) is 0 Å². The van der Waals surface area contributed by atoms with E-state index >= 15 is 0 Å². The van der Waals surface area contributed by atoms with Crippen LogP contribution in [0.4, 0.5) is 0 Å². The Kier molecular flexibility index (Phi) is 7.32. The van der Waals surface area contributed by atoms with Crippen molar-refractivity contribution in [2.24, 2.45) is 0 Å². The summed E-state index contributed by atoms with van der Waals surface area (Å²) in [6.45, 7) is 3.44. The van der Waals surface area contributed by atoms with E-state index in [4.69, 9.17) is 9.47 Å². The Balaban J connectivity index is 2.45. The number of methoxy groups -OCH3 is 1. The highest BCUT2D eigenvalue weighted by Gasteiger charge is 2.09. The number of halogens is 1. The molecule has 0 spiro atoms. The van der Waals surface area contributed by atoms with E-state index in [1.54, 1.807) is 7.11 Å². The van der Waals surface area contributed by atoms with E-state index in [-0.39, 0.29) is 6.10 Å². The monoisotopic (exact) mass is 316 g/mol. The molecule has 102 valence electrons. The van der Waals surface area contributed by atoms with Gasteiger partial charge in [-0.15, -0.1) is 0 Å². The Hall–Kier alpha value is -0.580. The summed E-state index contributed by atoms with van der Waals surface area (Å²) in [5.74, 6) is 0.808. The molecule has 0 saturated heterocycles. The minimum atomic E-state index is -0.384. The first-order valence-electron chi connectivity index (χ1n) is 6.25. The van der Waals surface area contributed by atoms with Gasteiger partial charge in [-0.25, -0.2) is 0 Å². The van der Waals surface area contributed by atoms with Crippen LogP contribution in [0.1, 0.15) is 25.3 Å². The molecule has 0 aromatic heterocycles. The molecular weight excluding hydrogens is 296 g/mol. The summed E-state index contributed by atoms with van der Waals surface area (Å²) in [5.41, 5.74) is 1.05. The molecule has 0 amide bonds. The van der Waals surface area contributed by atoms with Gasteiger partial charge in [0.05, 0.1) is 13.2 Å². The second kappa shape index (κ2) is 8.51. The van der Waals surface area contributed by atoms with Gasteiger partial charge in [0.2, 0.25) is 0 Å². The van der Waals surface area contributed by atoms with Gasteiger partial charge >= 0.3 is 0 Å². The predicted molar refractivity (Wildman–Crippen MR) is 76.1 cm³/mol. The fourth-order valence-corrected chi connectivity index (χ4v) is 2.06. The van der Waals surface area contributed by atoms with Crippen LogP contribution in [-0.4, -0.2) is 31.5 Å². The largest absolute Gasteiger partial charge is 0.497 e. The summed E-state index contributed by atoms with van der Waals surface area (Å²) >= 11 is 3.48. The van der Waals surface area contributed by atoms with E-state index in [1.807, 2.05) is 18.2 Å². The quantitative estimate of drug-likeness (QED) is 0.749. The van der Waals surface area contributed by atoms with Crippen LogP contribution in [0.25, 0.3) is 0 Å². The maximum absolute atomic E-state index is 9.95. The van der Waals surface area contributed by atoms with Gasteiger partial charge in [0.25, 0.3) is 0 Å². The third kappa shape index (κ3) is 5.38. The fraction of sp³-hybridized carbons (Fsp3) is 0.571. The van der Waals surface area contributed by atoms with Gasteiger partial charge in [0.15, 0.2) is 0 Å². The number of rotatable bonds is 8. The molecule has 1 rings (SSSR count). The summed E-state index contributed by atoms with van der Waals surface area (Å²) in [5, 5.41) is 9.95. The Morgan fingerprint density at radius 2 is 2.11 bits per heavy atom. The van der Waals surface area contributed by atoms with Gasteiger partial charge in [0, 0.05) is 17.7 Å². The third-order valence-corrected chi connectivity index (χ3v) is 3.43. The van der Waals surface area contributed by atoms with Crippen LogP contribution in [0.15, 0.2) is 22.7 Å². The maximum Gasteiger partial charge on any atom is 0.119 e. The van der Waals surface area contributed by atoms with E-state index in [9.17, 15) is 5.11 Å². The molecule has 1 unspecified atom stereocenters. The fourth-order valence-electron chi connectivity index (χ4n) is 1.66. The van der Waals surface area contributed by atoms with Crippen LogP contribution in [0.5, 0.6) is 5.75 Å². The lowest BCUT2D eigenvalue weighted by atomic mass is 10.1. The number of aliphatic hydroxyl groups is 1. The number of ether oxygens (including phenoxy) is 2. The van der Waals surface area contributed by atoms with Gasteiger partial charge < -0.3 is 14.6 Å². The van der Waals surface area contributed by atoms with Crippen molar-refractivity contribution in [1.82, 2.24) is 0 Å². The molecular formula is C14H21BrO3. The molecule has 0 aliphatic rings. The first kappa shape index (κ1) is 15.5. The van der Waals surface area contributed by atoms with Gasteiger partial charge in [-0.05, 0) is 43.0 Å². The normalized spacial score (nSPS) is 12.4. The average molecular weight is 317 g/mol. The van der Waals surface area contributed by atoms with E-state index < -0.39 is 0 Å². The van der Waals surface area contributed by atoms with Crippen molar-refractivity contribution in [1.29, 1.82) is 0 Å². The van der Waals surface area contributed by atoms with E-state index in [2.05, 4.69) is 22.9 Å². The van der Waals surface area contributed by atoms with Crippen LogP contribution < -0.4 is 4.74 Å². The van der Waals surface area contributed by atoms with Gasteiger partial charge in [-0.1, -0.05) is 22.9 Å². The zero-order chi connectivity index (χ0) is 13.4. The standard InChI is InChI=1S/C14H21BrO3/c1-3-7-18-8-6-12(16)9-11-10-13(17-2)4-5-14(11)15/h4-5,10,12,16H,3,6-9H2,1-2H3. The van der Waals surface area contributed by atoms with Crippen molar-refractivity contribution in [3.05, 3.63) is 28.2 Å². The highest BCUT2D eigenvalue weighted by molar-refractivity contribution is 9.10. The zero-order valence-corrected chi connectivity index (χ0v) is 12.6. The summed E-state index contributed by atoms with van der Waals surface area (Å²) in [7, 11) is 1.64. The summed E-state index contributed by atoms with van der Waals surface area (Å²) in [4.78, 5) is 0. The van der Waals surface area contributed by atoms with Crippen molar-refractivity contribution in [2.75, 3.05) is 20.3 Å². The number of hydrogen-bond acceptors (Lipinski definition) is 3. The number of hydrogen-bond donors (Lipinski definition) is 1. The molecule has 1 N–H and O–H groups in total. The average Bonchev–Trinajstić information content (AvgIpc) is 2.37.